The van der Waals surface area contributed by atoms with Crippen LogP contribution in [0.3, 0.4) is 0 Å². The van der Waals surface area contributed by atoms with Crippen LogP contribution >= 0.6 is 0 Å². The molecule has 0 amide bonds. The first-order valence-corrected chi connectivity index (χ1v) is 7.24. The molecular weight excluding hydrogens is 312 g/mol. The summed E-state index contributed by atoms with van der Waals surface area (Å²) in [5, 5.41) is 9.84. The number of aromatic amines is 1. The fraction of sp³-hybridized carbons (Fsp3) is 0.250. The van der Waals surface area contributed by atoms with Crippen LogP contribution in [0, 0.1) is 0 Å². The van der Waals surface area contributed by atoms with Crippen LogP contribution in [0.4, 0.5) is 5.69 Å². The maximum absolute atomic E-state index is 11.8. The van der Waals surface area contributed by atoms with Gasteiger partial charge in [0, 0.05) is 17.7 Å². The summed E-state index contributed by atoms with van der Waals surface area (Å²) in [5.74, 6) is -0.0196. The van der Waals surface area contributed by atoms with E-state index in [-0.39, 0.29) is 5.70 Å². The van der Waals surface area contributed by atoms with Crippen LogP contribution in [0.15, 0.2) is 36.0 Å². The van der Waals surface area contributed by atoms with Crippen LogP contribution < -0.4 is 5.32 Å². The number of nitrogens with one attached hydrogen (secondary N) is 2. The van der Waals surface area contributed by atoms with Gasteiger partial charge < -0.3 is 14.8 Å². The van der Waals surface area contributed by atoms with E-state index in [1.165, 1.54) is 14.2 Å². The van der Waals surface area contributed by atoms with E-state index < -0.39 is 11.9 Å². The number of ether oxygens (including phenoxy) is 2. The highest BCUT2D eigenvalue weighted by molar-refractivity contribution is 5.98. The summed E-state index contributed by atoms with van der Waals surface area (Å²) in [6, 6.07) is 7.13. The van der Waals surface area contributed by atoms with Crippen molar-refractivity contribution >= 4 is 17.6 Å². The molecule has 0 atom stereocenters. The molecule has 126 valence electrons. The zero-order valence-electron chi connectivity index (χ0n) is 13.6. The van der Waals surface area contributed by atoms with Gasteiger partial charge in [-0.2, -0.15) is 5.10 Å². The zero-order chi connectivity index (χ0) is 17.5. The molecular formula is C16H18N4O4. The maximum atomic E-state index is 11.8. The molecule has 0 aliphatic heterocycles. The van der Waals surface area contributed by atoms with Gasteiger partial charge in [-0.25, -0.2) is 14.6 Å². The van der Waals surface area contributed by atoms with Gasteiger partial charge in [-0.15, -0.1) is 0 Å². The van der Waals surface area contributed by atoms with Crippen molar-refractivity contribution < 1.29 is 19.1 Å². The van der Waals surface area contributed by atoms with E-state index in [4.69, 9.17) is 0 Å². The van der Waals surface area contributed by atoms with Crippen LogP contribution in [0.1, 0.15) is 12.7 Å². The Morgan fingerprint density at radius 3 is 2.71 bits per heavy atom. The normalized spacial score (nSPS) is 11.0. The molecule has 0 bridgehead atoms. The number of hydrogen-bond acceptors (Lipinski definition) is 7. The topological polar surface area (TPSA) is 106 Å². The highest BCUT2D eigenvalue weighted by Crippen LogP contribution is 2.20. The fourth-order valence-corrected chi connectivity index (χ4v) is 1.91. The number of anilines is 1. The number of aryl methyl sites for hydroxylation is 1. The SMILES string of the molecule is CCc1nc(-c2cccc(N/C(=C/C(=O)OC)C(=O)OC)c2)n[nH]1. The molecule has 1 heterocycles. The molecule has 0 spiro atoms. The van der Waals surface area contributed by atoms with Gasteiger partial charge in [0.15, 0.2) is 5.82 Å². The van der Waals surface area contributed by atoms with E-state index in [2.05, 4.69) is 30.0 Å². The van der Waals surface area contributed by atoms with Crippen molar-refractivity contribution in [2.75, 3.05) is 19.5 Å². The summed E-state index contributed by atoms with van der Waals surface area (Å²) in [6.45, 7) is 1.97. The predicted molar refractivity (Wildman–Crippen MR) is 86.9 cm³/mol. The first-order valence-electron chi connectivity index (χ1n) is 7.24. The van der Waals surface area contributed by atoms with E-state index in [1.54, 1.807) is 18.2 Å². The van der Waals surface area contributed by atoms with E-state index in [9.17, 15) is 9.59 Å². The lowest BCUT2D eigenvalue weighted by Crippen LogP contribution is -2.15. The Hall–Kier alpha value is -3.16. The average molecular weight is 330 g/mol. The lowest BCUT2D eigenvalue weighted by molar-refractivity contribution is -0.138. The number of benzene rings is 1. The second-order valence-electron chi connectivity index (χ2n) is 4.74. The highest BCUT2D eigenvalue weighted by Gasteiger charge is 2.13. The number of nitrogens with zero attached hydrogens (tertiary/aromatic N) is 2. The van der Waals surface area contributed by atoms with Crippen LogP contribution in [-0.2, 0) is 25.5 Å². The van der Waals surface area contributed by atoms with Crippen molar-refractivity contribution in [3.63, 3.8) is 0 Å². The van der Waals surface area contributed by atoms with Gasteiger partial charge in [0.2, 0.25) is 0 Å². The van der Waals surface area contributed by atoms with Gasteiger partial charge in [0.25, 0.3) is 0 Å². The monoisotopic (exact) mass is 330 g/mol. The molecule has 0 aliphatic rings. The molecule has 0 radical (unpaired) electrons. The van der Waals surface area contributed by atoms with Gasteiger partial charge in [-0.05, 0) is 12.1 Å². The average Bonchev–Trinajstić information content (AvgIpc) is 3.09. The van der Waals surface area contributed by atoms with Crippen molar-refractivity contribution in [2.45, 2.75) is 13.3 Å². The number of methoxy groups -OCH3 is 2. The van der Waals surface area contributed by atoms with E-state index in [0.717, 1.165) is 23.9 Å². The van der Waals surface area contributed by atoms with Gasteiger partial charge in [0.1, 0.15) is 11.5 Å². The minimum absolute atomic E-state index is 0.0364. The Morgan fingerprint density at radius 1 is 1.29 bits per heavy atom. The number of carbonyl (C=O) groups excluding carboxylic acids is 2. The Bertz CT molecular complexity index is 767. The molecule has 1 aromatic carbocycles. The Morgan fingerprint density at radius 2 is 2.08 bits per heavy atom. The van der Waals surface area contributed by atoms with Crippen LogP contribution in [0.25, 0.3) is 11.4 Å². The predicted octanol–water partition coefficient (Wildman–Crippen LogP) is 1.68. The molecule has 1 aromatic heterocycles. The van der Waals surface area contributed by atoms with E-state index in [1.807, 2.05) is 13.0 Å². The lowest BCUT2D eigenvalue weighted by atomic mass is 10.2. The van der Waals surface area contributed by atoms with Crippen molar-refractivity contribution in [1.82, 2.24) is 15.2 Å². The second-order valence-corrected chi connectivity index (χ2v) is 4.74. The molecule has 8 heteroatoms. The van der Waals surface area contributed by atoms with Crippen molar-refractivity contribution in [2.24, 2.45) is 0 Å². The minimum atomic E-state index is -0.683. The third-order valence-electron chi connectivity index (χ3n) is 3.14. The van der Waals surface area contributed by atoms with Crippen LogP contribution in [0.5, 0.6) is 0 Å². The van der Waals surface area contributed by atoms with Crippen LogP contribution in [-0.4, -0.2) is 41.3 Å². The summed E-state index contributed by atoms with van der Waals surface area (Å²) in [5.41, 5.74) is 1.31. The third-order valence-corrected chi connectivity index (χ3v) is 3.14. The Balaban J connectivity index is 2.28. The standard InChI is InChI=1S/C16H18N4O4/c1-4-13-18-15(20-19-13)10-6-5-7-11(8-10)17-12(16(22)24-3)9-14(21)23-2/h5-9,17H,4H2,1-3H3,(H,18,19,20)/b12-9+. The summed E-state index contributed by atoms with van der Waals surface area (Å²) < 4.78 is 9.19. The summed E-state index contributed by atoms with van der Waals surface area (Å²) in [4.78, 5) is 27.5. The summed E-state index contributed by atoms with van der Waals surface area (Å²) in [7, 11) is 2.45. The molecule has 2 N–H and O–H groups in total. The molecule has 0 aliphatic carbocycles. The second kappa shape index (κ2) is 7.91. The number of aromatic nitrogens is 3. The molecule has 0 unspecified atom stereocenters. The summed E-state index contributed by atoms with van der Waals surface area (Å²) >= 11 is 0. The first-order chi connectivity index (χ1) is 11.6. The van der Waals surface area contributed by atoms with E-state index in [0.29, 0.717) is 11.5 Å². The van der Waals surface area contributed by atoms with E-state index >= 15 is 0 Å². The minimum Gasteiger partial charge on any atom is -0.466 e. The number of esters is 2. The molecule has 24 heavy (non-hydrogen) atoms. The number of H-pyrrole nitrogens is 1. The van der Waals surface area contributed by atoms with Crippen molar-refractivity contribution in [1.29, 1.82) is 0 Å². The van der Waals surface area contributed by atoms with Crippen LogP contribution in [0.2, 0.25) is 0 Å². The zero-order valence-corrected chi connectivity index (χ0v) is 13.6. The first kappa shape index (κ1) is 17.2. The Kier molecular flexibility index (Phi) is 5.67. The highest BCUT2D eigenvalue weighted by atomic mass is 16.5. The fourth-order valence-electron chi connectivity index (χ4n) is 1.91. The number of rotatable bonds is 6. The summed E-state index contributed by atoms with van der Waals surface area (Å²) in [6.07, 6.45) is 1.78. The van der Waals surface area contributed by atoms with Gasteiger partial charge in [-0.1, -0.05) is 19.1 Å². The quantitative estimate of drug-likeness (QED) is 0.613. The molecule has 8 nitrogen and oxygen atoms in total. The van der Waals surface area contributed by atoms with Gasteiger partial charge >= 0.3 is 11.9 Å². The molecule has 0 fully saturated rings. The maximum Gasteiger partial charge on any atom is 0.354 e. The third kappa shape index (κ3) is 4.19. The van der Waals surface area contributed by atoms with Crippen molar-refractivity contribution in [3.8, 4) is 11.4 Å². The molecule has 2 rings (SSSR count). The largest absolute Gasteiger partial charge is 0.466 e. The smallest absolute Gasteiger partial charge is 0.354 e. The van der Waals surface area contributed by atoms with Gasteiger partial charge in [-0.3, -0.25) is 5.10 Å². The number of carbonyl (C=O) groups is 2. The molecule has 0 saturated carbocycles. The molecule has 0 saturated heterocycles. The molecule has 2 aromatic rings. The van der Waals surface area contributed by atoms with Gasteiger partial charge in [0.05, 0.1) is 20.3 Å². The van der Waals surface area contributed by atoms with Crippen molar-refractivity contribution in [3.05, 3.63) is 41.9 Å². The lowest BCUT2D eigenvalue weighted by Gasteiger charge is -2.09. The Labute approximate surface area is 138 Å². The number of hydrogen-bond donors (Lipinski definition) is 2.